The average Bonchev–Trinajstić information content (AvgIpc) is 2.40. The largest absolute Gasteiger partial charge is 0.417 e. The number of aryl methyl sites for hydroxylation is 1. The third-order valence-electron chi connectivity index (χ3n) is 2.93. The lowest BCUT2D eigenvalue weighted by Crippen LogP contribution is -2.18. The van der Waals surface area contributed by atoms with Crippen molar-refractivity contribution in [3.63, 3.8) is 0 Å². The van der Waals surface area contributed by atoms with Crippen molar-refractivity contribution < 1.29 is 13.2 Å². The molecular formula is C15H13F3N2S. The molecule has 6 heteroatoms. The summed E-state index contributed by atoms with van der Waals surface area (Å²) in [5.41, 5.74) is 6.74. The molecule has 0 unspecified atom stereocenters. The van der Waals surface area contributed by atoms with Crippen LogP contribution < -0.4 is 11.1 Å². The van der Waals surface area contributed by atoms with E-state index in [1.165, 1.54) is 12.1 Å². The van der Waals surface area contributed by atoms with Crippen molar-refractivity contribution in [3.8, 4) is 0 Å². The van der Waals surface area contributed by atoms with E-state index in [0.717, 1.165) is 17.3 Å². The van der Waals surface area contributed by atoms with Gasteiger partial charge < -0.3 is 11.1 Å². The Hall–Kier alpha value is -2.08. The van der Waals surface area contributed by atoms with E-state index in [1.54, 1.807) is 0 Å². The Balaban J connectivity index is 2.36. The average molecular weight is 310 g/mol. The van der Waals surface area contributed by atoms with Crippen LogP contribution in [-0.2, 0) is 6.18 Å². The zero-order valence-corrected chi connectivity index (χ0v) is 12.0. The highest BCUT2D eigenvalue weighted by Crippen LogP contribution is 2.33. The SMILES string of the molecule is Cc1ccc(Nc2ccc(C(F)(F)F)c(C(N)=S)c2)cc1. The van der Waals surface area contributed by atoms with Gasteiger partial charge in [-0.1, -0.05) is 29.9 Å². The maximum Gasteiger partial charge on any atom is 0.417 e. The molecule has 110 valence electrons. The standard InChI is InChI=1S/C15H13F3N2S/c1-9-2-4-10(5-3-9)20-11-6-7-13(15(16,17)18)12(8-11)14(19)21/h2-8,20H,1H3,(H2,19,21). The topological polar surface area (TPSA) is 38.0 Å². The van der Waals surface area contributed by atoms with Crippen LogP contribution in [0.25, 0.3) is 0 Å². The molecule has 0 aliphatic heterocycles. The van der Waals surface area contributed by atoms with Crippen LogP contribution in [0.5, 0.6) is 0 Å². The molecule has 0 atom stereocenters. The molecule has 0 saturated heterocycles. The Bertz CT molecular complexity index is 664. The van der Waals surface area contributed by atoms with Crippen LogP contribution in [0.2, 0.25) is 0 Å². The Morgan fingerprint density at radius 2 is 1.62 bits per heavy atom. The van der Waals surface area contributed by atoms with Gasteiger partial charge in [0.05, 0.1) is 5.56 Å². The maximum atomic E-state index is 12.9. The van der Waals surface area contributed by atoms with Gasteiger partial charge in [0.25, 0.3) is 0 Å². The second-order valence-corrected chi connectivity index (χ2v) is 5.05. The summed E-state index contributed by atoms with van der Waals surface area (Å²) in [5, 5.41) is 3.02. The Labute approximate surface area is 125 Å². The van der Waals surface area contributed by atoms with Crippen molar-refractivity contribution >= 4 is 28.6 Å². The molecule has 0 fully saturated rings. The van der Waals surface area contributed by atoms with E-state index in [1.807, 2.05) is 31.2 Å². The van der Waals surface area contributed by atoms with E-state index in [0.29, 0.717) is 5.69 Å². The highest BCUT2D eigenvalue weighted by Gasteiger charge is 2.34. The lowest BCUT2D eigenvalue weighted by molar-refractivity contribution is -0.137. The van der Waals surface area contributed by atoms with Gasteiger partial charge in [0.15, 0.2) is 0 Å². The highest BCUT2D eigenvalue weighted by atomic mass is 32.1. The van der Waals surface area contributed by atoms with Gasteiger partial charge in [-0.25, -0.2) is 0 Å². The minimum Gasteiger partial charge on any atom is -0.389 e. The monoisotopic (exact) mass is 310 g/mol. The Morgan fingerprint density at radius 3 is 2.14 bits per heavy atom. The summed E-state index contributed by atoms with van der Waals surface area (Å²) >= 11 is 4.71. The molecular weight excluding hydrogens is 297 g/mol. The highest BCUT2D eigenvalue weighted by molar-refractivity contribution is 7.80. The van der Waals surface area contributed by atoms with Crippen molar-refractivity contribution in [2.45, 2.75) is 13.1 Å². The van der Waals surface area contributed by atoms with Crippen molar-refractivity contribution in [2.75, 3.05) is 5.32 Å². The summed E-state index contributed by atoms with van der Waals surface area (Å²) < 4.78 is 38.6. The quantitative estimate of drug-likeness (QED) is 0.826. The smallest absolute Gasteiger partial charge is 0.389 e. The molecule has 2 aromatic rings. The van der Waals surface area contributed by atoms with Gasteiger partial charge in [0.2, 0.25) is 0 Å². The third kappa shape index (κ3) is 3.72. The third-order valence-corrected chi connectivity index (χ3v) is 3.15. The van der Waals surface area contributed by atoms with Gasteiger partial charge >= 0.3 is 6.18 Å². The van der Waals surface area contributed by atoms with E-state index in [9.17, 15) is 13.2 Å². The van der Waals surface area contributed by atoms with Crippen LogP contribution in [0.15, 0.2) is 42.5 Å². The lowest BCUT2D eigenvalue weighted by atomic mass is 10.1. The number of alkyl halides is 3. The van der Waals surface area contributed by atoms with Crippen molar-refractivity contribution in [2.24, 2.45) is 5.73 Å². The molecule has 0 amide bonds. The number of rotatable bonds is 3. The first-order valence-electron chi connectivity index (χ1n) is 6.12. The fraction of sp³-hybridized carbons (Fsp3) is 0.133. The van der Waals surface area contributed by atoms with Crippen LogP contribution in [-0.4, -0.2) is 4.99 Å². The van der Waals surface area contributed by atoms with Crippen LogP contribution >= 0.6 is 12.2 Å². The van der Waals surface area contributed by atoms with Crippen LogP contribution in [0.1, 0.15) is 16.7 Å². The molecule has 3 N–H and O–H groups in total. The van der Waals surface area contributed by atoms with E-state index in [4.69, 9.17) is 18.0 Å². The molecule has 2 aromatic carbocycles. The van der Waals surface area contributed by atoms with Crippen LogP contribution in [0.4, 0.5) is 24.5 Å². The minimum absolute atomic E-state index is 0.186. The first-order chi connectivity index (χ1) is 9.77. The van der Waals surface area contributed by atoms with Crippen molar-refractivity contribution in [1.29, 1.82) is 0 Å². The van der Waals surface area contributed by atoms with E-state index < -0.39 is 11.7 Å². The number of thiocarbonyl (C=S) groups is 1. The second-order valence-electron chi connectivity index (χ2n) is 4.61. The molecule has 0 bridgehead atoms. The predicted molar refractivity (Wildman–Crippen MR) is 81.8 cm³/mol. The molecule has 0 spiro atoms. The van der Waals surface area contributed by atoms with Gasteiger partial charge in [0, 0.05) is 16.9 Å². The van der Waals surface area contributed by atoms with Crippen LogP contribution in [0, 0.1) is 6.92 Å². The summed E-state index contributed by atoms with van der Waals surface area (Å²) in [6.07, 6.45) is -4.48. The summed E-state index contributed by atoms with van der Waals surface area (Å²) in [4.78, 5) is -0.283. The summed E-state index contributed by atoms with van der Waals surface area (Å²) in [6.45, 7) is 1.95. The van der Waals surface area contributed by atoms with Gasteiger partial charge in [0.1, 0.15) is 4.99 Å². The molecule has 0 aliphatic carbocycles. The van der Waals surface area contributed by atoms with Crippen LogP contribution in [0.3, 0.4) is 0 Å². The fourth-order valence-electron chi connectivity index (χ4n) is 1.88. The number of halogens is 3. The van der Waals surface area contributed by atoms with Gasteiger partial charge in [-0.3, -0.25) is 0 Å². The first kappa shape index (κ1) is 15.3. The summed E-state index contributed by atoms with van der Waals surface area (Å²) in [6, 6.07) is 11.1. The summed E-state index contributed by atoms with van der Waals surface area (Å²) in [7, 11) is 0. The Kier molecular flexibility index (Phi) is 4.18. The lowest BCUT2D eigenvalue weighted by Gasteiger charge is -2.14. The molecule has 21 heavy (non-hydrogen) atoms. The number of hydrogen-bond donors (Lipinski definition) is 2. The molecule has 2 nitrogen and oxygen atoms in total. The minimum atomic E-state index is -4.48. The molecule has 0 aliphatic rings. The molecule has 0 saturated carbocycles. The van der Waals surface area contributed by atoms with E-state index >= 15 is 0 Å². The van der Waals surface area contributed by atoms with E-state index in [2.05, 4.69) is 5.32 Å². The normalized spacial score (nSPS) is 11.2. The molecule has 0 aromatic heterocycles. The maximum absolute atomic E-state index is 12.9. The Morgan fingerprint density at radius 1 is 1.05 bits per heavy atom. The molecule has 2 rings (SSSR count). The zero-order chi connectivity index (χ0) is 15.6. The van der Waals surface area contributed by atoms with Gasteiger partial charge in [-0.05, 0) is 37.3 Å². The summed E-state index contributed by atoms with van der Waals surface area (Å²) in [5.74, 6) is 0. The molecule has 0 radical (unpaired) electrons. The fourth-order valence-corrected chi connectivity index (χ4v) is 2.05. The first-order valence-corrected chi connectivity index (χ1v) is 6.53. The van der Waals surface area contributed by atoms with E-state index in [-0.39, 0.29) is 10.6 Å². The number of hydrogen-bond acceptors (Lipinski definition) is 2. The molecule has 0 heterocycles. The second kappa shape index (κ2) is 5.73. The zero-order valence-electron chi connectivity index (χ0n) is 11.2. The number of nitrogens with two attached hydrogens (primary N) is 1. The van der Waals surface area contributed by atoms with Gasteiger partial charge in [-0.15, -0.1) is 0 Å². The van der Waals surface area contributed by atoms with Crippen molar-refractivity contribution in [1.82, 2.24) is 0 Å². The van der Waals surface area contributed by atoms with Gasteiger partial charge in [-0.2, -0.15) is 13.2 Å². The van der Waals surface area contributed by atoms with Crippen molar-refractivity contribution in [3.05, 3.63) is 59.2 Å². The number of benzene rings is 2. The number of anilines is 2. The predicted octanol–water partition coefficient (Wildman–Crippen LogP) is 4.39. The number of nitrogens with one attached hydrogen (secondary N) is 1.